The highest BCUT2D eigenvalue weighted by atomic mass is 32.1. The highest BCUT2D eigenvalue weighted by Crippen LogP contribution is 2.63. The number of hydrogen-bond acceptors (Lipinski definition) is 2. The van der Waals surface area contributed by atoms with Crippen LogP contribution >= 0.6 is 11.3 Å². The first kappa shape index (κ1) is 35.9. The Balaban J connectivity index is 1.05. The molecule has 11 aromatic rings. The molecule has 13 rings (SSSR count). The fourth-order valence-corrected chi connectivity index (χ4v) is 12.0. The van der Waals surface area contributed by atoms with Crippen molar-refractivity contribution in [3.63, 3.8) is 0 Å². The monoisotopic (exact) mass is 817 g/mol. The van der Waals surface area contributed by atoms with Gasteiger partial charge in [0.1, 0.15) is 0 Å². The molecule has 1 heterocycles. The molecule has 2 aliphatic rings. The number of rotatable bonds is 6. The third-order valence-corrected chi connectivity index (χ3v) is 14.7. The van der Waals surface area contributed by atoms with Crippen molar-refractivity contribution >= 4 is 48.6 Å². The molecule has 0 saturated heterocycles. The molecule has 10 aromatic carbocycles. The van der Waals surface area contributed by atoms with Gasteiger partial charge in [0.15, 0.2) is 0 Å². The van der Waals surface area contributed by atoms with Crippen molar-refractivity contribution in [3.05, 3.63) is 259 Å². The number of nitrogens with zero attached hydrogens (tertiary/aromatic N) is 1. The maximum atomic E-state index is 2.53. The summed E-state index contributed by atoms with van der Waals surface area (Å²) < 4.78 is 2.59. The summed E-state index contributed by atoms with van der Waals surface area (Å²) in [5, 5.41) is 2.55. The number of benzene rings is 10. The summed E-state index contributed by atoms with van der Waals surface area (Å²) in [5.74, 6) is 0. The Kier molecular flexibility index (Phi) is 8.06. The number of anilines is 3. The summed E-state index contributed by atoms with van der Waals surface area (Å²) in [4.78, 5) is 2.44. The molecule has 0 amide bonds. The molecule has 63 heavy (non-hydrogen) atoms. The fraction of sp³-hybridized carbons (Fsp3) is 0.0164. The molecule has 0 bridgehead atoms. The molecule has 294 valence electrons. The zero-order chi connectivity index (χ0) is 41.5. The zero-order valence-electron chi connectivity index (χ0n) is 34.4. The van der Waals surface area contributed by atoms with E-state index in [1.807, 2.05) is 11.3 Å². The van der Waals surface area contributed by atoms with E-state index in [1.165, 1.54) is 98.1 Å². The van der Waals surface area contributed by atoms with Crippen LogP contribution in [0.1, 0.15) is 22.3 Å². The van der Waals surface area contributed by atoms with Gasteiger partial charge in [-0.25, -0.2) is 0 Å². The molecule has 1 nitrogen and oxygen atoms in total. The molecule has 0 unspecified atom stereocenters. The van der Waals surface area contributed by atoms with Crippen molar-refractivity contribution in [3.8, 4) is 55.6 Å². The standard InChI is InChI=1S/C61H39NS/c1-3-15-40(16-4-1)42-27-32-45(33-28-42)62(46-34-29-43(30-35-46)41-17-5-2-6-18-41)47-38-53(60-54(39-47)52-22-10-14-26-59(52)63-60)44-31-36-51-50-21-9-13-25-57(50)61(58(51)37-44)55-23-11-7-19-48(55)49-20-8-12-24-56(49)61/h1-39H. The average Bonchev–Trinajstić information content (AvgIpc) is 3.99. The number of thiophene rings is 1. The van der Waals surface area contributed by atoms with Gasteiger partial charge < -0.3 is 4.90 Å². The number of fused-ring (bicyclic) bond motifs is 13. The Morgan fingerprint density at radius 3 is 1.29 bits per heavy atom. The molecule has 1 spiro atoms. The maximum absolute atomic E-state index is 2.53. The molecule has 0 radical (unpaired) electrons. The van der Waals surface area contributed by atoms with Crippen LogP contribution in [-0.2, 0) is 5.41 Å². The van der Waals surface area contributed by atoms with Gasteiger partial charge in [0, 0.05) is 42.8 Å². The van der Waals surface area contributed by atoms with Gasteiger partial charge in [0.25, 0.3) is 0 Å². The average molecular weight is 818 g/mol. The minimum absolute atomic E-state index is 0.418. The van der Waals surface area contributed by atoms with Crippen molar-refractivity contribution in [1.82, 2.24) is 0 Å². The summed E-state index contributed by atoms with van der Waals surface area (Å²) in [6.07, 6.45) is 0. The largest absolute Gasteiger partial charge is 0.310 e. The van der Waals surface area contributed by atoms with E-state index in [4.69, 9.17) is 0 Å². The van der Waals surface area contributed by atoms with Gasteiger partial charge in [-0.3, -0.25) is 0 Å². The van der Waals surface area contributed by atoms with Gasteiger partial charge in [-0.05, 0) is 121 Å². The summed E-state index contributed by atoms with van der Waals surface area (Å²) >= 11 is 1.90. The molecule has 2 heteroatoms. The molecule has 0 aliphatic heterocycles. The van der Waals surface area contributed by atoms with Crippen molar-refractivity contribution in [2.24, 2.45) is 0 Å². The Morgan fingerprint density at radius 2 is 0.730 bits per heavy atom. The van der Waals surface area contributed by atoms with Crippen LogP contribution in [-0.4, -0.2) is 0 Å². The van der Waals surface area contributed by atoms with Crippen LogP contribution in [0.2, 0.25) is 0 Å². The third-order valence-electron chi connectivity index (χ3n) is 13.5. The quantitative estimate of drug-likeness (QED) is 0.162. The molecule has 0 saturated carbocycles. The lowest BCUT2D eigenvalue weighted by atomic mass is 9.70. The van der Waals surface area contributed by atoms with Crippen LogP contribution in [0.5, 0.6) is 0 Å². The van der Waals surface area contributed by atoms with Crippen LogP contribution in [0.4, 0.5) is 17.1 Å². The van der Waals surface area contributed by atoms with E-state index in [9.17, 15) is 0 Å². The normalized spacial score (nSPS) is 12.9. The van der Waals surface area contributed by atoms with Gasteiger partial charge in [-0.2, -0.15) is 0 Å². The summed E-state index contributed by atoms with van der Waals surface area (Å²) in [7, 11) is 0. The first-order chi connectivity index (χ1) is 31.2. The lowest BCUT2D eigenvalue weighted by Crippen LogP contribution is -2.25. The van der Waals surface area contributed by atoms with E-state index in [2.05, 4.69) is 241 Å². The molecule has 1 aromatic heterocycles. The summed E-state index contributed by atoms with van der Waals surface area (Å²) in [6.45, 7) is 0. The van der Waals surface area contributed by atoms with Crippen LogP contribution < -0.4 is 4.90 Å². The minimum atomic E-state index is -0.418. The Labute approximate surface area is 371 Å². The molecule has 0 N–H and O–H groups in total. The molecule has 0 atom stereocenters. The van der Waals surface area contributed by atoms with Crippen LogP contribution in [0.25, 0.3) is 75.8 Å². The van der Waals surface area contributed by atoms with E-state index in [1.54, 1.807) is 0 Å². The van der Waals surface area contributed by atoms with Gasteiger partial charge in [-0.1, -0.05) is 188 Å². The minimum Gasteiger partial charge on any atom is -0.310 e. The maximum Gasteiger partial charge on any atom is 0.0725 e. The highest BCUT2D eigenvalue weighted by Gasteiger charge is 2.51. The van der Waals surface area contributed by atoms with Crippen molar-refractivity contribution in [2.45, 2.75) is 5.41 Å². The van der Waals surface area contributed by atoms with Crippen molar-refractivity contribution < 1.29 is 0 Å². The van der Waals surface area contributed by atoms with Gasteiger partial charge in [0.05, 0.1) is 5.41 Å². The number of hydrogen-bond donors (Lipinski definition) is 0. The van der Waals surface area contributed by atoms with Crippen LogP contribution in [0.15, 0.2) is 237 Å². The smallest absolute Gasteiger partial charge is 0.0725 e. The second-order valence-electron chi connectivity index (χ2n) is 16.8. The van der Waals surface area contributed by atoms with Crippen LogP contribution in [0.3, 0.4) is 0 Å². The predicted octanol–water partition coefficient (Wildman–Crippen LogP) is 16.9. The predicted molar refractivity (Wildman–Crippen MR) is 267 cm³/mol. The SMILES string of the molecule is c1ccc(-c2ccc(N(c3ccc(-c4ccccc4)cc3)c3cc(-c4ccc5c(c4)C4(c6ccccc6-c6ccccc64)c4ccccc4-5)c4sc5ccccc5c4c3)cc2)cc1. The van der Waals surface area contributed by atoms with E-state index >= 15 is 0 Å². The molecule has 2 aliphatic carbocycles. The van der Waals surface area contributed by atoms with E-state index in [-0.39, 0.29) is 0 Å². The molecular formula is C61H39NS. The van der Waals surface area contributed by atoms with Crippen molar-refractivity contribution in [1.29, 1.82) is 0 Å². The summed E-state index contributed by atoms with van der Waals surface area (Å²) in [6, 6.07) is 87.7. The van der Waals surface area contributed by atoms with E-state index in [0.29, 0.717) is 0 Å². The summed E-state index contributed by atoms with van der Waals surface area (Å²) in [5.41, 5.74) is 20.9. The van der Waals surface area contributed by atoms with E-state index in [0.717, 1.165) is 17.1 Å². The third kappa shape index (κ3) is 5.42. The first-order valence-electron chi connectivity index (χ1n) is 21.7. The Morgan fingerprint density at radius 1 is 0.286 bits per heavy atom. The van der Waals surface area contributed by atoms with Gasteiger partial charge >= 0.3 is 0 Å². The van der Waals surface area contributed by atoms with Crippen molar-refractivity contribution in [2.75, 3.05) is 4.90 Å². The fourth-order valence-electron chi connectivity index (χ4n) is 10.7. The Bertz CT molecular complexity index is 3400. The highest BCUT2D eigenvalue weighted by molar-refractivity contribution is 7.26. The molecular weight excluding hydrogens is 779 g/mol. The zero-order valence-corrected chi connectivity index (χ0v) is 35.2. The van der Waals surface area contributed by atoms with Gasteiger partial charge in [-0.15, -0.1) is 11.3 Å². The van der Waals surface area contributed by atoms with E-state index < -0.39 is 5.41 Å². The van der Waals surface area contributed by atoms with Gasteiger partial charge in [0.2, 0.25) is 0 Å². The Hall–Kier alpha value is -7.78. The topological polar surface area (TPSA) is 3.24 Å². The van der Waals surface area contributed by atoms with Crippen LogP contribution in [0, 0.1) is 0 Å². The second kappa shape index (κ2) is 14.1. The lowest BCUT2D eigenvalue weighted by Gasteiger charge is -2.31. The second-order valence-corrected chi connectivity index (χ2v) is 17.8. The lowest BCUT2D eigenvalue weighted by molar-refractivity contribution is 0.794. The molecule has 0 fully saturated rings. The first-order valence-corrected chi connectivity index (χ1v) is 22.6.